The molecule has 3 aromatic rings. The van der Waals surface area contributed by atoms with Crippen LogP contribution in [0, 0.1) is 0 Å². The van der Waals surface area contributed by atoms with Crippen molar-refractivity contribution in [3.63, 3.8) is 0 Å². The molecule has 0 radical (unpaired) electrons. The predicted octanol–water partition coefficient (Wildman–Crippen LogP) is 1.96. The number of amides is 3. The highest BCUT2D eigenvalue weighted by Gasteiger charge is 2.41. The van der Waals surface area contributed by atoms with Crippen LogP contribution >= 0.6 is 0 Å². The molecule has 8 heteroatoms. The van der Waals surface area contributed by atoms with Gasteiger partial charge in [-0.2, -0.15) is 0 Å². The fourth-order valence-corrected chi connectivity index (χ4v) is 3.69. The molecule has 2 atom stereocenters. The molecular weight excluding hydrogens is 386 g/mol. The van der Waals surface area contributed by atoms with Gasteiger partial charge in [0, 0.05) is 23.5 Å². The summed E-state index contributed by atoms with van der Waals surface area (Å²) in [5.41, 5.74) is 2.07. The summed E-state index contributed by atoms with van der Waals surface area (Å²) in [5.74, 6) is -3.05. The molecule has 1 aliphatic rings. The number of rotatable bonds is 6. The molecule has 0 spiro atoms. The van der Waals surface area contributed by atoms with E-state index in [1.54, 1.807) is 18.3 Å². The van der Waals surface area contributed by atoms with E-state index in [0.717, 1.165) is 21.4 Å². The Morgan fingerprint density at radius 3 is 2.27 bits per heavy atom. The molecule has 3 N–H and O–H groups in total. The van der Waals surface area contributed by atoms with Gasteiger partial charge in [-0.05, 0) is 30.7 Å². The van der Waals surface area contributed by atoms with Crippen LogP contribution in [0.5, 0.6) is 0 Å². The summed E-state index contributed by atoms with van der Waals surface area (Å²) in [6.07, 6.45) is 1.76. The molecule has 152 valence electrons. The topological polar surface area (TPSA) is 120 Å². The Labute approximate surface area is 171 Å². The summed E-state index contributed by atoms with van der Waals surface area (Å²) in [6.45, 7) is 1.40. The highest BCUT2D eigenvalue weighted by molar-refractivity contribution is 6.22. The Hall–Kier alpha value is -3.94. The first-order valence-electron chi connectivity index (χ1n) is 9.43. The summed E-state index contributed by atoms with van der Waals surface area (Å²) in [7, 11) is 0. The number of H-pyrrole nitrogens is 1. The maximum Gasteiger partial charge on any atom is 0.326 e. The lowest BCUT2D eigenvalue weighted by Crippen LogP contribution is -2.52. The Morgan fingerprint density at radius 1 is 1.03 bits per heavy atom. The fraction of sp³-hybridized carbons (Fsp3) is 0.182. The third-order valence-electron chi connectivity index (χ3n) is 5.31. The Bertz CT molecular complexity index is 1150. The van der Waals surface area contributed by atoms with Gasteiger partial charge in [0.05, 0.1) is 11.1 Å². The van der Waals surface area contributed by atoms with Gasteiger partial charge in [0.1, 0.15) is 12.1 Å². The first-order valence-corrected chi connectivity index (χ1v) is 9.43. The molecular formula is C22H19N3O5. The second-order valence-corrected chi connectivity index (χ2v) is 7.16. The minimum absolute atomic E-state index is 0.0555. The molecule has 3 amide bonds. The van der Waals surface area contributed by atoms with Gasteiger partial charge >= 0.3 is 5.97 Å². The molecule has 0 saturated carbocycles. The number of carbonyl (C=O) groups excluding carboxylic acids is 3. The number of carboxylic acids is 1. The van der Waals surface area contributed by atoms with Crippen LogP contribution in [-0.2, 0) is 16.0 Å². The molecule has 30 heavy (non-hydrogen) atoms. The van der Waals surface area contributed by atoms with Gasteiger partial charge in [-0.25, -0.2) is 4.79 Å². The lowest BCUT2D eigenvalue weighted by Gasteiger charge is -2.23. The molecule has 1 aromatic heterocycles. The van der Waals surface area contributed by atoms with Crippen molar-refractivity contribution >= 4 is 34.6 Å². The number of hydrogen-bond donors (Lipinski definition) is 3. The van der Waals surface area contributed by atoms with E-state index in [1.165, 1.54) is 19.1 Å². The van der Waals surface area contributed by atoms with Crippen molar-refractivity contribution in [1.82, 2.24) is 15.2 Å². The van der Waals surface area contributed by atoms with Gasteiger partial charge in [-0.3, -0.25) is 19.3 Å². The molecule has 0 fully saturated rings. The quantitative estimate of drug-likeness (QED) is 0.542. The molecule has 2 aromatic carbocycles. The Balaban J connectivity index is 1.52. The summed E-state index contributed by atoms with van der Waals surface area (Å²) >= 11 is 0. The number of benzene rings is 2. The normalized spacial score (nSPS) is 15.2. The van der Waals surface area contributed by atoms with E-state index in [4.69, 9.17) is 0 Å². The van der Waals surface area contributed by atoms with E-state index in [2.05, 4.69) is 10.3 Å². The van der Waals surface area contributed by atoms with Gasteiger partial charge in [0.15, 0.2) is 0 Å². The summed E-state index contributed by atoms with van der Waals surface area (Å²) < 4.78 is 0. The Morgan fingerprint density at radius 2 is 1.63 bits per heavy atom. The second-order valence-electron chi connectivity index (χ2n) is 7.16. The number of aliphatic carboxylic acids is 1. The number of carbonyl (C=O) groups is 4. The van der Waals surface area contributed by atoms with E-state index >= 15 is 0 Å². The maximum absolute atomic E-state index is 12.8. The van der Waals surface area contributed by atoms with Crippen LogP contribution in [0.2, 0.25) is 0 Å². The van der Waals surface area contributed by atoms with Crippen molar-refractivity contribution < 1.29 is 24.3 Å². The first-order chi connectivity index (χ1) is 14.4. The van der Waals surface area contributed by atoms with Crippen LogP contribution in [0.3, 0.4) is 0 Å². The first kappa shape index (κ1) is 19.4. The van der Waals surface area contributed by atoms with Crippen molar-refractivity contribution in [3.05, 3.63) is 71.4 Å². The number of hydrogen-bond acceptors (Lipinski definition) is 4. The fourth-order valence-electron chi connectivity index (χ4n) is 3.69. The van der Waals surface area contributed by atoms with Gasteiger partial charge < -0.3 is 15.4 Å². The van der Waals surface area contributed by atoms with Crippen LogP contribution in [0.1, 0.15) is 33.2 Å². The van der Waals surface area contributed by atoms with Crippen LogP contribution in [0.25, 0.3) is 10.9 Å². The highest BCUT2D eigenvalue weighted by atomic mass is 16.4. The smallest absolute Gasteiger partial charge is 0.326 e. The number of aromatic nitrogens is 1. The molecule has 0 aliphatic carbocycles. The van der Waals surface area contributed by atoms with E-state index in [9.17, 15) is 24.3 Å². The average molecular weight is 405 g/mol. The molecule has 1 aliphatic heterocycles. The summed E-state index contributed by atoms with van der Waals surface area (Å²) in [4.78, 5) is 53.6. The average Bonchev–Trinajstić information content (AvgIpc) is 3.26. The number of nitrogens with one attached hydrogen (secondary N) is 2. The van der Waals surface area contributed by atoms with Gasteiger partial charge in [-0.15, -0.1) is 0 Å². The summed E-state index contributed by atoms with van der Waals surface area (Å²) in [5, 5.41) is 12.9. The second kappa shape index (κ2) is 7.47. The maximum atomic E-state index is 12.8. The number of carboxylic acid groups (broad SMARTS) is 1. The SMILES string of the molecule is CC(C(=O)NC(Cc1c[nH]c2ccccc12)C(=O)O)N1C(=O)c2ccccc2C1=O. The van der Waals surface area contributed by atoms with Crippen molar-refractivity contribution in [2.24, 2.45) is 0 Å². The Kier molecular flexibility index (Phi) is 4.83. The zero-order valence-corrected chi connectivity index (χ0v) is 16.1. The zero-order chi connectivity index (χ0) is 21.4. The van der Waals surface area contributed by atoms with E-state index in [0.29, 0.717) is 0 Å². The molecule has 0 bridgehead atoms. The number of nitrogens with zero attached hydrogens (tertiary/aromatic N) is 1. The minimum atomic E-state index is -1.21. The van der Waals surface area contributed by atoms with Crippen molar-refractivity contribution in [1.29, 1.82) is 0 Å². The standard InChI is InChI=1S/C22H19N3O5/c1-12(25-20(27)15-7-2-3-8-16(15)21(25)28)19(26)24-18(22(29)30)10-13-11-23-17-9-5-4-6-14(13)17/h2-9,11-12,18,23H,10H2,1H3,(H,24,26)(H,29,30). The van der Waals surface area contributed by atoms with Crippen molar-refractivity contribution in [3.8, 4) is 0 Å². The lowest BCUT2D eigenvalue weighted by atomic mass is 10.0. The predicted molar refractivity (Wildman–Crippen MR) is 108 cm³/mol. The lowest BCUT2D eigenvalue weighted by molar-refractivity contribution is -0.142. The molecule has 0 saturated heterocycles. The van der Waals surface area contributed by atoms with Crippen LogP contribution < -0.4 is 5.32 Å². The molecule has 8 nitrogen and oxygen atoms in total. The van der Waals surface area contributed by atoms with Gasteiger partial charge in [0.2, 0.25) is 5.91 Å². The van der Waals surface area contributed by atoms with Crippen molar-refractivity contribution in [2.75, 3.05) is 0 Å². The largest absolute Gasteiger partial charge is 0.480 e. The van der Waals surface area contributed by atoms with Gasteiger partial charge in [0.25, 0.3) is 11.8 Å². The monoisotopic (exact) mass is 405 g/mol. The van der Waals surface area contributed by atoms with Crippen LogP contribution in [0.15, 0.2) is 54.7 Å². The number of imide groups is 1. The molecule has 2 heterocycles. The summed E-state index contributed by atoms with van der Waals surface area (Å²) in [6, 6.07) is 11.4. The van der Waals surface area contributed by atoms with E-state index in [1.807, 2.05) is 24.3 Å². The number of para-hydroxylation sites is 1. The molecule has 4 rings (SSSR count). The number of fused-ring (bicyclic) bond motifs is 2. The number of aromatic amines is 1. The van der Waals surface area contributed by atoms with Crippen LogP contribution in [0.4, 0.5) is 0 Å². The zero-order valence-electron chi connectivity index (χ0n) is 16.1. The van der Waals surface area contributed by atoms with E-state index in [-0.39, 0.29) is 17.5 Å². The highest BCUT2D eigenvalue weighted by Crippen LogP contribution is 2.25. The van der Waals surface area contributed by atoms with Crippen molar-refractivity contribution in [2.45, 2.75) is 25.4 Å². The van der Waals surface area contributed by atoms with Crippen LogP contribution in [-0.4, -0.2) is 50.8 Å². The third kappa shape index (κ3) is 3.22. The van der Waals surface area contributed by atoms with Gasteiger partial charge in [-0.1, -0.05) is 30.3 Å². The third-order valence-corrected chi connectivity index (χ3v) is 5.31. The van der Waals surface area contributed by atoms with E-state index < -0.39 is 35.8 Å². The minimum Gasteiger partial charge on any atom is -0.480 e. The molecule has 2 unspecified atom stereocenters.